The zero-order valence-electron chi connectivity index (χ0n) is 20.0. The van der Waals surface area contributed by atoms with Crippen molar-refractivity contribution in [2.75, 3.05) is 13.6 Å². The fourth-order valence-electron chi connectivity index (χ4n) is 4.27. The van der Waals surface area contributed by atoms with Crippen LogP contribution in [0.4, 0.5) is 4.79 Å². The average molecular weight is 475 g/mol. The molecule has 4 heterocycles. The van der Waals surface area contributed by atoms with Gasteiger partial charge in [0, 0.05) is 55.0 Å². The summed E-state index contributed by atoms with van der Waals surface area (Å²) < 4.78 is 12.4. The van der Waals surface area contributed by atoms with E-state index in [0.29, 0.717) is 17.9 Å². The Hall–Kier alpha value is -3.98. The van der Waals surface area contributed by atoms with Crippen LogP contribution in [0.25, 0.3) is 33.4 Å². The Labute approximate surface area is 201 Å². The van der Waals surface area contributed by atoms with Crippen molar-refractivity contribution < 1.29 is 24.0 Å². The third kappa shape index (κ3) is 3.97. The third-order valence-corrected chi connectivity index (χ3v) is 6.05. The van der Waals surface area contributed by atoms with Crippen LogP contribution in [-0.4, -0.2) is 55.9 Å². The lowest BCUT2D eigenvalue weighted by Crippen LogP contribution is -2.35. The van der Waals surface area contributed by atoms with Gasteiger partial charge in [0.05, 0.1) is 0 Å². The average Bonchev–Trinajstić information content (AvgIpc) is 3.52. The minimum Gasteiger partial charge on any atom is -0.443 e. The van der Waals surface area contributed by atoms with E-state index in [-0.39, 0.29) is 12.2 Å². The molecule has 0 bridgehead atoms. The molecule has 1 aliphatic rings. The van der Waals surface area contributed by atoms with E-state index in [1.54, 1.807) is 25.5 Å². The van der Waals surface area contributed by atoms with Crippen LogP contribution in [-0.2, 0) is 15.1 Å². The smallest absolute Gasteiger partial charge is 0.420 e. The highest BCUT2D eigenvalue weighted by molar-refractivity contribution is 5.99. The van der Waals surface area contributed by atoms with E-state index >= 15 is 0 Å². The molecule has 0 spiro atoms. The number of rotatable bonds is 3. The van der Waals surface area contributed by atoms with Gasteiger partial charge in [0.1, 0.15) is 16.9 Å². The lowest BCUT2D eigenvalue weighted by Gasteiger charge is -2.19. The minimum absolute atomic E-state index is 0.123. The second kappa shape index (κ2) is 8.06. The number of hydrogen-bond acceptors (Lipinski definition) is 7. The van der Waals surface area contributed by atoms with Gasteiger partial charge in [0.2, 0.25) is 5.60 Å². The predicted octanol–water partition coefficient (Wildman–Crippen LogP) is 4.19. The highest BCUT2D eigenvalue weighted by atomic mass is 16.6. The summed E-state index contributed by atoms with van der Waals surface area (Å²) in [6.07, 6.45) is 3.08. The highest BCUT2D eigenvalue weighted by Crippen LogP contribution is 2.36. The summed E-state index contributed by atoms with van der Waals surface area (Å²) in [6, 6.07) is 12.9. The number of carbonyl (C=O) groups is 2. The molecule has 35 heavy (non-hydrogen) atoms. The van der Waals surface area contributed by atoms with Crippen LogP contribution in [0, 0.1) is 0 Å². The molecule has 1 N–H and O–H groups in total. The van der Waals surface area contributed by atoms with E-state index in [1.807, 2.05) is 57.2 Å². The number of nitrogens with zero attached hydrogens (tertiary/aromatic N) is 4. The Balaban J connectivity index is 1.53. The predicted molar refractivity (Wildman–Crippen MR) is 128 cm³/mol. The number of ether oxygens (including phenoxy) is 1. The molecule has 1 amide bonds. The van der Waals surface area contributed by atoms with Gasteiger partial charge in [0.15, 0.2) is 5.76 Å². The molecule has 0 unspecified atom stereocenters. The molecule has 1 saturated heterocycles. The molecule has 0 radical (unpaired) electrons. The van der Waals surface area contributed by atoms with Crippen LogP contribution >= 0.6 is 0 Å². The number of likely N-dealkylation sites (N-methyl/N-ethyl adjacent to an activating group) is 1. The van der Waals surface area contributed by atoms with Gasteiger partial charge in [-0.25, -0.2) is 14.3 Å². The summed E-state index contributed by atoms with van der Waals surface area (Å²) in [5.41, 5.74) is 1.01. The van der Waals surface area contributed by atoms with Crippen LogP contribution in [0.3, 0.4) is 0 Å². The summed E-state index contributed by atoms with van der Waals surface area (Å²) in [4.78, 5) is 31.1. The molecule has 1 aliphatic heterocycles. The Morgan fingerprint density at radius 1 is 1.17 bits per heavy atom. The molecular weight excluding hydrogens is 448 g/mol. The molecule has 0 aliphatic carbocycles. The Kier molecular flexibility index (Phi) is 5.25. The van der Waals surface area contributed by atoms with Crippen molar-refractivity contribution in [1.82, 2.24) is 19.6 Å². The maximum atomic E-state index is 12.8. The van der Waals surface area contributed by atoms with Crippen molar-refractivity contribution in [2.45, 2.75) is 38.4 Å². The second-order valence-corrected chi connectivity index (χ2v) is 9.76. The Bertz CT molecular complexity index is 1450. The molecule has 4 aromatic rings. The standard InChI is InChI=1S/C26H26N4O5/c1-25(2,3)34-24(32)30-15-19(18-9-6-11-27-22(18)30)16-7-5-8-17(13-16)20-14-21(35-28-20)26(33)10-12-29(4)23(26)31/h5-9,11,13-15,33H,10,12H2,1-4H3/t26-/m1/s1. The molecule has 1 aromatic carbocycles. The van der Waals surface area contributed by atoms with Crippen molar-refractivity contribution in [1.29, 1.82) is 0 Å². The van der Waals surface area contributed by atoms with Crippen molar-refractivity contribution in [3.05, 3.63) is 60.6 Å². The number of carbonyl (C=O) groups excluding carboxylic acids is 2. The summed E-state index contributed by atoms with van der Waals surface area (Å²) in [5, 5.41) is 15.8. The zero-order chi connectivity index (χ0) is 25.0. The molecule has 9 nitrogen and oxygen atoms in total. The number of aliphatic hydroxyl groups is 1. The van der Waals surface area contributed by atoms with E-state index in [0.717, 1.165) is 22.1 Å². The summed E-state index contributed by atoms with van der Waals surface area (Å²) >= 11 is 0. The van der Waals surface area contributed by atoms with Gasteiger partial charge >= 0.3 is 6.09 Å². The van der Waals surface area contributed by atoms with Gasteiger partial charge in [-0.05, 0) is 44.5 Å². The van der Waals surface area contributed by atoms with Crippen molar-refractivity contribution >= 4 is 23.0 Å². The van der Waals surface area contributed by atoms with Crippen molar-refractivity contribution in [3.63, 3.8) is 0 Å². The first-order chi connectivity index (χ1) is 16.6. The third-order valence-electron chi connectivity index (χ3n) is 6.05. The highest BCUT2D eigenvalue weighted by Gasteiger charge is 2.48. The molecule has 0 saturated carbocycles. The van der Waals surface area contributed by atoms with Crippen LogP contribution in [0.1, 0.15) is 33.0 Å². The zero-order valence-corrected chi connectivity index (χ0v) is 20.0. The monoisotopic (exact) mass is 474 g/mol. The van der Waals surface area contributed by atoms with Gasteiger partial charge in [-0.1, -0.05) is 23.4 Å². The van der Waals surface area contributed by atoms with E-state index in [4.69, 9.17) is 9.26 Å². The fourth-order valence-corrected chi connectivity index (χ4v) is 4.27. The number of likely N-dealkylation sites (tertiary alicyclic amines) is 1. The van der Waals surface area contributed by atoms with Crippen molar-refractivity contribution in [2.24, 2.45) is 0 Å². The molecule has 5 rings (SSSR count). The van der Waals surface area contributed by atoms with E-state index < -0.39 is 23.2 Å². The Morgan fingerprint density at radius 3 is 2.66 bits per heavy atom. The number of amides is 1. The van der Waals surface area contributed by atoms with Crippen LogP contribution in [0.2, 0.25) is 0 Å². The first-order valence-electron chi connectivity index (χ1n) is 11.3. The van der Waals surface area contributed by atoms with Gasteiger partial charge in [-0.2, -0.15) is 0 Å². The number of benzene rings is 1. The van der Waals surface area contributed by atoms with Crippen molar-refractivity contribution in [3.8, 4) is 22.4 Å². The number of pyridine rings is 1. The second-order valence-electron chi connectivity index (χ2n) is 9.76. The van der Waals surface area contributed by atoms with Crippen LogP contribution in [0.5, 0.6) is 0 Å². The van der Waals surface area contributed by atoms with Crippen LogP contribution < -0.4 is 0 Å². The lowest BCUT2D eigenvalue weighted by molar-refractivity contribution is -0.144. The van der Waals surface area contributed by atoms with Gasteiger partial charge in [-0.15, -0.1) is 0 Å². The summed E-state index contributed by atoms with van der Waals surface area (Å²) in [6.45, 7) is 5.88. The quantitative estimate of drug-likeness (QED) is 0.474. The fraction of sp³-hybridized carbons (Fsp3) is 0.308. The first kappa shape index (κ1) is 22.8. The molecule has 1 atom stereocenters. The van der Waals surface area contributed by atoms with E-state index in [9.17, 15) is 14.7 Å². The minimum atomic E-state index is -1.70. The number of hydrogen-bond donors (Lipinski definition) is 1. The molecule has 9 heteroatoms. The maximum Gasteiger partial charge on any atom is 0.420 e. The lowest BCUT2D eigenvalue weighted by atomic mass is 9.97. The molecular formula is C26H26N4O5. The summed E-state index contributed by atoms with van der Waals surface area (Å²) in [5.74, 6) is -0.283. The SMILES string of the molecule is CN1CC[C@@](O)(c2cc(-c3cccc(-c4cn(C(=O)OC(C)(C)C)c5ncccc45)c3)no2)C1=O. The largest absolute Gasteiger partial charge is 0.443 e. The van der Waals surface area contributed by atoms with E-state index in [2.05, 4.69) is 10.1 Å². The molecule has 180 valence electrons. The number of aromatic nitrogens is 3. The Morgan fingerprint density at radius 2 is 1.94 bits per heavy atom. The molecule has 3 aromatic heterocycles. The van der Waals surface area contributed by atoms with E-state index in [1.165, 1.54) is 9.47 Å². The normalized spacial score (nSPS) is 18.4. The van der Waals surface area contributed by atoms with Gasteiger partial charge < -0.3 is 19.3 Å². The summed E-state index contributed by atoms with van der Waals surface area (Å²) in [7, 11) is 1.64. The topological polar surface area (TPSA) is 111 Å². The van der Waals surface area contributed by atoms with Crippen LogP contribution in [0.15, 0.2) is 59.4 Å². The van der Waals surface area contributed by atoms with Gasteiger partial charge in [0.25, 0.3) is 5.91 Å². The first-order valence-corrected chi connectivity index (χ1v) is 11.3. The number of fused-ring (bicyclic) bond motifs is 1. The molecule has 1 fully saturated rings. The maximum absolute atomic E-state index is 12.8. The van der Waals surface area contributed by atoms with Gasteiger partial charge in [-0.3, -0.25) is 4.79 Å².